The Hall–Kier alpha value is -3.14. The van der Waals surface area contributed by atoms with Crippen molar-refractivity contribution in [2.45, 2.75) is 19.3 Å². The summed E-state index contributed by atoms with van der Waals surface area (Å²) in [5.74, 6) is 0.229. The minimum atomic E-state index is -0.367. The average Bonchev–Trinajstić information content (AvgIpc) is 2.88. The normalized spacial score (nSPS) is 19.1. The summed E-state index contributed by atoms with van der Waals surface area (Å²) < 4.78 is 16.6. The number of anilines is 2. The molecule has 0 spiro atoms. The fourth-order valence-corrected chi connectivity index (χ4v) is 5.00. The second kappa shape index (κ2) is 11.1. The molecule has 0 radical (unpaired) electrons. The SMILES string of the molecule is Cn1c(N2CCCC(C(=O)NCCCN3CCN(c4ccccc4F)CC3)C2)cc(=O)n(C)c1=O. The van der Waals surface area contributed by atoms with Crippen LogP contribution in [0.25, 0.3) is 0 Å². The number of carbonyl (C=O) groups excluding carboxylic acids is 1. The number of piperidine rings is 1. The molecular weight excluding hydrogens is 451 g/mol. The summed E-state index contributed by atoms with van der Waals surface area (Å²) in [5.41, 5.74) is -0.0462. The summed E-state index contributed by atoms with van der Waals surface area (Å²) in [6.45, 7) is 6.01. The first-order chi connectivity index (χ1) is 16.8. The van der Waals surface area contributed by atoms with Gasteiger partial charge >= 0.3 is 5.69 Å². The van der Waals surface area contributed by atoms with Crippen LogP contribution >= 0.6 is 0 Å². The van der Waals surface area contributed by atoms with Gasteiger partial charge in [-0.25, -0.2) is 9.18 Å². The number of hydrogen-bond acceptors (Lipinski definition) is 6. The topological polar surface area (TPSA) is 82.8 Å². The highest BCUT2D eigenvalue weighted by atomic mass is 19.1. The van der Waals surface area contributed by atoms with E-state index in [0.717, 1.165) is 56.6 Å². The number of nitrogens with one attached hydrogen (secondary N) is 1. The Kier molecular flexibility index (Phi) is 7.90. The van der Waals surface area contributed by atoms with Gasteiger partial charge in [0.1, 0.15) is 11.6 Å². The Labute approximate surface area is 204 Å². The van der Waals surface area contributed by atoms with Crippen molar-refractivity contribution in [2.24, 2.45) is 20.0 Å². The molecule has 2 aromatic rings. The van der Waals surface area contributed by atoms with Crippen molar-refractivity contribution in [1.29, 1.82) is 0 Å². The molecular formula is C25H35FN6O3. The highest BCUT2D eigenvalue weighted by molar-refractivity contribution is 5.79. The van der Waals surface area contributed by atoms with E-state index >= 15 is 0 Å². The molecule has 0 bridgehead atoms. The minimum Gasteiger partial charge on any atom is -0.367 e. The third kappa shape index (κ3) is 5.75. The Balaban J connectivity index is 1.21. The van der Waals surface area contributed by atoms with Crippen LogP contribution in [0.5, 0.6) is 0 Å². The molecule has 2 aliphatic rings. The highest BCUT2D eigenvalue weighted by Gasteiger charge is 2.27. The highest BCUT2D eigenvalue weighted by Crippen LogP contribution is 2.22. The van der Waals surface area contributed by atoms with E-state index in [2.05, 4.69) is 15.1 Å². The van der Waals surface area contributed by atoms with Crippen LogP contribution in [0.3, 0.4) is 0 Å². The molecule has 35 heavy (non-hydrogen) atoms. The fourth-order valence-electron chi connectivity index (χ4n) is 5.00. The van der Waals surface area contributed by atoms with Crippen LogP contribution in [0.4, 0.5) is 15.9 Å². The van der Waals surface area contributed by atoms with E-state index in [1.54, 1.807) is 13.1 Å². The Morgan fingerprint density at radius 3 is 2.51 bits per heavy atom. The number of benzene rings is 1. The first kappa shape index (κ1) is 25.0. The lowest BCUT2D eigenvalue weighted by molar-refractivity contribution is -0.125. The van der Waals surface area contributed by atoms with Gasteiger partial charge in [0.25, 0.3) is 5.56 Å². The van der Waals surface area contributed by atoms with Crippen LogP contribution in [-0.2, 0) is 18.9 Å². The van der Waals surface area contributed by atoms with Crippen molar-refractivity contribution in [1.82, 2.24) is 19.4 Å². The monoisotopic (exact) mass is 486 g/mol. The smallest absolute Gasteiger partial charge is 0.332 e. The largest absolute Gasteiger partial charge is 0.367 e. The average molecular weight is 487 g/mol. The fraction of sp³-hybridized carbons (Fsp3) is 0.560. The van der Waals surface area contributed by atoms with Gasteiger partial charge in [0.15, 0.2) is 0 Å². The molecule has 0 aliphatic carbocycles. The van der Waals surface area contributed by atoms with E-state index in [4.69, 9.17) is 0 Å². The number of aromatic nitrogens is 2. The zero-order valence-corrected chi connectivity index (χ0v) is 20.6. The lowest BCUT2D eigenvalue weighted by atomic mass is 9.97. The van der Waals surface area contributed by atoms with Gasteiger partial charge in [-0.1, -0.05) is 12.1 Å². The number of piperazine rings is 1. The molecule has 4 rings (SSSR count). The molecule has 3 heterocycles. The number of halogens is 1. The first-order valence-electron chi connectivity index (χ1n) is 12.4. The minimum absolute atomic E-state index is 0.0212. The van der Waals surface area contributed by atoms with Crippen LogP contribution in [-0.4, -0.2) is 72.3 Å². The number of carbonyl (C=O) groups is 1. The molecule has 1 aromatic carbocycles. The van der Waals surface area contributed by atoms with Crippen LogP contribution in [0.1, 0.15) is 19.3 Å². The molecule has 9 nitrogen and oxygen atoms in total. The van der Waals surface area contributed by atoms with Gasteiger partial charge in [0, 0.05) is 66.0 Å². The number of hydrogen-bond donors (Lipinski definition) is 1. The molecule has 190 valence electrons. The van der Waals surface area contributed by atoms with Crippen molar-refractivity contribution < 1.29 is 9.18 Å². The Morgan fingerprint density at radius 1 is 1.03 bits per heavy atom. The van der Waals surface area contributed by atoms with Crippen molar-refractivity contribution in [3.63, 3.8) is 0 Å². The van der Waals surface area contributed by atoms with Gasteiger partial charge < -0.3 is 15.1 Å². The van der Waals surface area contributed by atoms with Crippen LogP contribution < -0.4 is 26.4 Å². The van der Waals surface area contributed by atoms with E-state index in [1.807, 2.05) is 17.0 Å². The van der Waals surface area contributed by atoms with Crippen LogP contribution in [0, 0.1) is 11.7 Å². The molecule has 2 saturated heterocycles. The van der Waals surface area contributed by atoms with E-state index in [0.29, 0.717) is 31.1 Å². The van der Waals surface area contributed by atoms with E-state index in [9.17, 15) is 18.8 Å². The van der Waals surface area contributed by atoms with Crippen LogP contribution in [0.2, 0.25) is 0 Å². The Morgan fingerprint density at radius 2 is 1.77 bits per heavy atom. The predicted octanol–water partition coefficient (Wildman–Crippen LogP) is 0.768. The summed E-state index contributed by atoms with van der Waals surface area (Å²) in [7, 11) is 3.11. The lowest BCUT2D eigenvalue weighted by Gasteiger charge is -2.36. The number of nitrogens with zero attached hydrogens (tertiary/aromatic N) is 5. The maximum Gasteiger partial charge on any atom is 0.332 e. The zero-order chi connectivity index (χ0) is 24.9. The summed E-state index contributed by atoms with van der Waals surface area (Å²) in [6, 6.07) is 8.36. The van der Waals surface area contributed by atoms with Crippen molar-refractivity contribution in [3.05, 3.63) is 57.0 Å². The third-order valence-electron chi connectivity index (χ3n) is 7.13. The second-order valence-electron chi connectivity index (χ2n) is 9.45. The van der Waals surface area contributed by atoms with Crippen molar-refractivity contribution >= 4 is 17.4 Å². The maximum absolute atomic E-state index is 14.0. The third-order valence-corrected chi connectivity index (χ3v) is 7.13. The first-order valence-corrected chi connectivity index (χ1v) is 12.4. The predicted molar refractivity (Wildman–Crippen MR) is 135 cm³/mol. The van der Waals surface area contributed by atoms with Gasteiger partial charge in [-0.15, -0.1) is 0 Å². The maximum atomic E-state index is 14.0. The van der Waals surface area contributed by atoms with Gasteiger partial charge in [0.05, 0.1) is 11.6 Å². The van der Waals surface area contributed by atoms with E-state index in [-0.39, 0.29) is 28.9 Å². The van der Waals surface area contributed by atoms with Gasteiger partial charge in [0.2, 0.25) is 5.91 Å². The lowest BCUT2D eigenvalue weighted by Crippen LogP contribution is -2.48. The molecule has 1 atom stereocenters. The molecule has 2 aliphatic heterocycles. The number of para-hydroxylation sites is 1. The summed E-state index contributed by atoms with van der Waals surface area (Å²) >= 11 is 0. The second-order valence-corrected chi connectivity index (χ2v) is 9.45. The molecule has 1 amide bonds. The quantitative estimate of drug-likeness (QED) is 0.583. The molecule has 10 heteroatoms. The van der Waals surface area contributed by atoms with Gasteiger partial charge in [-0.05, 0) is 37.9 Å². The zero-order valence-electron chi connectivity index (χ0n) is 20.6. The summed E-state index contributed by atoms with van der Waals surface area (Å²) in [4.78, 5) is 43.6. The number of amides is 1. The Bertz CT molecular complexity index is 1150. The molecule has 1 N–H and O–H groups in total. The van der Waals surface area contributed by atoms with Crippen LogP contribution in [0.15, 0.2) is 39.9 Å². The molecule has 0 saturated carbocycles. The van der Waals surface area contributed by atoms with Crippen molar-refractivity contribution in [2.75, 3.05) is 62.2 Å². The molecule has 1 unspecified atom stereocenters. The van der Waals surface area contributed by atoms with Gasteiger partial charge in [-0.3, -0.25) is 23.6 Å². The summed E-state index contributed by atoms with van der Waals surface area (Å²) in [6.07, 6.45) is 2.47. The van der Waals surface area contributed by atoms with E-state index < -0.39 is 0 Å². The molecule has 2 fully saturated rings. The molecule has 1 aromatic heterocycles. The van der Waals surface area contributed by atoms with Gasteiger partial charge in [-0.2, -0.15) is 0 Å². The van der Waals surface area contributed by atoms with Crippen molar-refractivity contribution in [3.8, 4) is 0 Å². The standard InChI is InChI=1S/C25H35FN6O3/c1-28-22(17-23(33)29(2)25(28)35)32-12-5-7-19(18-32)24(34)27-10-6-11-30-13-15-31(16-14-30)21-9-4-3-8-20(21)26/h3-4,8-9,17,19H,5-7,10-16,18H2,1-2H3,(H,27,34). The summed E-state index contributed by atoms with van der Waals surface area (Å²) in [5, 5.41) is 3.07. The van der Waals surface area contributed by atoms with E-state index in [1.165, 1.54) is 23.7 Å². The number of rotatable bonds is 7.